The third-order valence-electron chi connectivity index (χ3n) is 4.95. The van der Waals surface area contributed by atoms with Gasteiger partial charge in [0.1, 0.15) is 5.92 Å². The fourth-order valence-corrected chi connectivity index (χ4v) is 3.65. The van der Waals surface area contributed by atoms with Crippen LogP contribution >= 0.6 is 0 Å². The lowest BCUT2D eigenvalue weighted by Gasteiger charge is -2.43. The van der Waals surface area contributed by atoms with Gasteiger partial charge in [-0.05, 0) is 24.5 Å². The summed E-state index contributed by atoms with van der Waals surface area (Å²) < 4.78 is 9.65. The van der Waals surface area contributed by atoms with Crippen LogP contribution in [0.25, 0.3) is 0 Å². The lowest BCUT2D eigenvalue weighted by molar-refractivity contribution is -0.170. The molecule has 1 N–H and O–H groups in total. The minimum Gasteiger partial charge on any atom is -0.469 e. The largest absolute Gasteiger partial charge is 0.469 e. The van der Waals surface area contributed by atoms with Crippen LogP contribution in [0.5, 0.6) is 0 Å². The Labute approximate surface area is 147 Å². The van der Waals surface area contributed by atoms with Gasteiger partial charge in [-0.1, -0.05) is 31.2 Å². The molecule has 1 aliphatic carbocycles. The molecule has 2 rings (SSSR count). The second kappa shape index (κ2) is 7.35. The molecular weight excluding hydrogens is 324 g/mol. The van der Waals surface area contributed by atoms with E-state index in [1.54, 1.807) is 12.1 Å². The minimum atomic E-state index is -1.61. The Morgan fingerprint density at radius 3 is 2.20 bits per heavy atom. The molecule has 0 radical (unpaired) electrons. The van der Waals surface area contributed by atoms with Crippen LogP contribution < -0.4 is 0 Å². The molecule has 6 heteroatoms. The Balaban J connectivity index is 2.61. The summed E-state index contributed by atoms with van der Waals surface area (Å²) in [6.45, 7) is 3.44. The van der Waals surface area contributed by atoms with Gasteiger partial charge in [-0.2, -0.15) is 0 Å². The van der Waals surface area contributed by atoms with Gasteiger partial charge in [0.25, 0.3) is 0 Å². The molecule has 0 bridgehead atoms. The first-order valence-electron chi connectivity index (χ1n) is 8.26. The third-order valence-corrected chi connectivity index (χ3v) is 4.95. The molecule has 6 nitrogen and oxygen atoms in total. The molecule has 136 valence electrons. The standard InChI is InChI=1S/C19H24O6/c1-5-11-6-8-12(9-7-11)14-15(17(21)24-3)13(20)10-19(2,23)16(14)18(22)25-4/h6-9,14-16,23H,5,10H2,1-4H3/t14-,15-,16+,19+/m1/s1. The van der Waals surface area contributed by atoms with E-state index in [1.165, 1.54) is 21.1 Å². The summed E-state index contributed by atoms with van der Waals surface area (Å²) in [6, 6.07) is 7.33. The van der Waals surface area contributed by atoms with Crippen molar-refractivity contribution in [2.24, 2.45) is 11.8 Å². The van der Waals surface area contributed by atoms with Crippen LogP contribution in [0.1, 0.15) is 37.3 Å². The molecule has 1 aromatic rings. The lowest BCUT2D eigenvalue weighted by atomic mass is 9.61. The highest BCUT2D eigenvalue weighted by atomic mass is 16.5. The number of methoxy groups -OCH3 is 2. The number of ketones is 1. The summed E-state index contributed by atoms with van der Waals surface area (Å²) in [7, 11) is 2.42. The molecular formula is C19H24O6. The van der Waals surface area contributed by atoms with Crippen LogP contribution in [0.2, 0.25) is 0 Å². The number of aryl methyl sites for hydroxylation is 1. The lowest BCUT2D eigenvalue weighted by Crippen LogP contribution is -2.55. The molecule has 1 fully saturated rings. The predicted octanol–water partition coefficient (Wildman–Crippen LogP) is 1.63. The maximum Gasteiger partial charge on any atom is 0.316 e. The molecule has 1 aliphatic rings. The van der Waals surface area contributed by atoms with Crippen LogP contribution in [0.3, 0.4) is 0 Å². The Morgan fingerprint density at radius 1 is 1.16 bits per heavy atom. The highest BCUT2D eigenvalue weighted by molar-refractivity contribution is 6.02. The summed E-state index contributed by atoms with van der Waals surface area (Å²) in [6.07, 6.45) is 0.526. The summed E-state index contributed by atoms with van der Waals surface area (Å²) >= 11 is 0. The number of hydrogen-bond donors (Lipinski definition) is 1. The molecule has 0 spiro atoms. The SMILES string of the molecule is CCc1ccc([C@@H]2[C@H](C(=O)OC)C(=O)C[C@](C)(O)[C@@H]2C(=O)OC)cc1. The fourth-order valence-electron chi connectivity index (χ4n) is 3.65. The van der Waals surface area contributed by atoms with Crippen LogP contribution in [-0.4, -0.2) is 42.6 Å². The number of esters is 2. The molecule has 4 atom stereocenters. The zero-order chi connectivity index (χ0) is 18.8. The van der Waals surface area contributed by atoms with Crippen molar-refractivity contribution in [3.63, 3.8) is 0 Å². The third kappa shape index (κ3) is 3.58. The normalized spacial score (nSPS) is 29.2. The van der Waals surface area contributed by atoms with Gasteiger partial charge in [0.05, 0.1) is 25.7 Å². The van der Waals surface area contributed by atoms with E-state index in [4.69, 9.17) is 9.47 Å². The number of hydrogen-bond acceptors (Lipinski definition) is 6. The van der Waals surface area contributed by atoms with Gasteiger partial charge in [-0.25, -0.2) is 0 Å². The zero-order valence-corrected chi connectivity index (χ0v) is 14.9. The number of aliphatic hydroxyl groups is 1. The Morgan fingerprint density at radius 2 is 1.72 bits per heavy atom. The van der Waals surface area contributed by atoms with E-state index >= 15 is 0 Å². The average Bonchev–Trinajstić information content (AvgIpc) is 2.59. The van der Waals surface area contributed by atoms with Gasteiger partial charge in [0.15, 0.2) is 5.78 Å². The number of carbonyl (C=O) groups excluding carboxylic acids is 3. The topological polar surface area (TPSA) is 89.9 Å². The first-order chi connectivity index (χ1) is 11.8. The first-order valence-corrected chi connectivity index (χ1v) is 8.26. The van der Waals surface area contributed by atoms with Crippen molar-refractivity contribution in [3.8, 4) is 0 Å². The summed E-state index contributed by atoms with van der Waals surface area (Å²) in [5.74, 6) is -4.85. The van der Waals surface area contributed by atoms with Crippen LogP contribution in [-0.2, 0) is 30.3 Å². The molecule has 1 saturated carbocycles. The van der Waals surface area contributed by atoms with E-state index in [0.29, 0.717) is 5.56 Å². The van der Waals surface area contributed by atoms with E-state index in [9.17, 15) is 19.5 Å². The van der Waals surface area contributed by atoms with Gasteiger partial charge < -0.3 is 14.6 Å². The van der Waals surface area contributed by atoms with Crippen molar-refractivity contribution in [3.05, 3.63) is 35.4 Å². The highest BCUT2D eigenvalue weighted by Gasteiger charge is 2.56. The molecule has 0 unspecified atom stereocenters. The van der Waals surface area contributed by atoms with E-state index in [-0.39, 0.29) is 6.42 Å². The maximum atomic E-state index is 12.6. The fraction of sp³-hybridized carbons (Fsp3) is 0.526. The van der Waals surface area contributed by atoms with Gasteiger partial charge in [0.2, 0.25) is 0 Å². The van der Waals surface area contributed by atoms with Gasteiger partial charge in [0, 0.05) is 12.3 Å². The Bertz CT molecular complexity index is 661. The number of carbonyl (C=O) groups is 3. The summed E-state index contributed by atoms with van der Waals surface area (Å²) in [4.78, 5) is 37.2. The second-order valence-corrected chi connectivity index (χ2v) is 6.62. The van der Waals surface area contributed by atoms with Crippen molar-refractivity contribution < 1.29 is 29.0 Å². The summed E-state index contributed by atoms with van der Waals surface area (Å²) in [5.41, 5.74) is 0.0983. The van der Waals surface area contributed by atoms with Crippen LogP contribution in [0.15, 0.2) is 24.3 Å². The monoisotopic (exact) mass is 348 g/mol. The quantitative estimate of drug-likeness (QED) is 0.657. The average molecular weight is 348 g/mol. The van der Waals surface area contributed by atoms with Gasteiger partial charge in [-0.15, -0.1) is 0 Å². The minimum absolute atomic E-state index is 0.309. The highest BCUT2D eigenvalue weighted by Crippen LogP contribution is 2.46. The first kappa shape index (κ1) is 19.1. The van der Waals surface area contributed by atoms with Gasteiger partial charge >= 0.3 is 11.9 Å². The molecule has 1 aromatic carbocycles. The molecule has 0 aromatic heterocycles. The number of ether oxygens (including phenoxy) is 2. The Kier molecular flexibility index (Phi) is 5.62. The van der Waals surface area contributed by atoms with E-state index in [0.717, 1.165) is 12.0 Å². The van der Waals surface area contributed by atoms with E-state index in [1.807, 2.05) is 19.1 Å². The molecule has 0 saturated heterocycles. The van der Waals surface area contributed by atoms with Crippen molar-refractivity contribution in [2.75, 3.05) is 14.2 Å². The number of rotatable bonds is 4. The van der Waals surface area contributed by atoms with Gasteiger partial charge in [-0.3, -0.25) is 14.4 Å². The molecule has 0 amide bonds. The smallest absolute Gasteiger partial charge is 0.316 e. The number of Topliss-reactive ketones (excluding diaryl/α,β-unsaturated/α-hetero) is 1. The zero-order valence-electron chi connectivity index (χ0n) is 14.9. The molecule has 0 aliphatic heterocycles. The predicted molar refractivity (Wildman–Crippen MR) is 89.8 cm³/mol. The molecule has 25 heavy (non-hydrogen) atoms. The Hall–Kier alpha value is -2.21. The van der Waals surface area contributed by atoms with Crippen LogP contribution in [0, 0.1) is 11.8 Å². The van der Waals surface area contributed by atoms with E-state index in [2.05, 4.69) is 0 Å². The summed E-state index contributed by atoms with van der Waals surface area (Å²) in [5, 5.41) is 10.7. The molecule has 0 heterocycles. The van der Waals surface area contributed by atoms with E-state index < -0.39 is 41.1 Å². The van der Waals surface area contributed by atoms with Crippen molar-refractivity contribution in [2.45, 2.75) is 38.2 Å². The second-order valence-electron chi connectivity index (χ2n) is 6.62. The van der Waals surface area contributed by atoms with Crippen LogP contribution in [0.4, 0.5) is 0 Å². The number of benzene rings is 1. The van der Waals surface area contributed by atoms with Crippen molar-refractivity contribution >= 4 is 17.7 Å². The van der Waals surface area contributed by atoms with Crippen molar-refractivity contribution in [1.29, 1.82) is 0 Å². The van der Waals surface area contributed by atoms with Crippen molar-refractivity contribution in [1.82, 2.24) is 0 Å². The maximum absolute atomic E-state index is 12.6.